The van der Waals surface area contributed by atoms with Crippen LogP contribution in [-0.2, 0) is 6.54 Å². The smallest absolute Gasteiger partial charge is 0.266 e. The fourth-order valence-electron chi connectivity index (χ4n) is 3.64. The molecule has 8 nitrogen and oxygen atoms in total. The number of imidazole rings is 1. The van der Waals surface area contributed by atoms with Crippen molar-refractivity contribution in [2.45, 2.75) is 32.2 Å². The van der Waals surface area contributed by atoms with Crippen molar-refractivity contribution in [2.75, 3.05) is 13.7 Å². The summed E-state index contributed by atoms with van der Waals surface area (Å²) in [4.78, 5) is 30.9. The number of amides is 1. The maximum Gasteiger partial charge on any atom is 0.266 e. The van der Waals surface area contributed by atoms with Gasteiger partial charge < -0.3 is 10.1 Å². The van der Waals surface area contributed by atoms with Gasteiger partial charge in [0.05, 0.1) is 25.0 Å². The number of methoxy groups -OCH3 is 1. The number of thiazole rings is 1. The third-order valence-corrected chi connectivity index (χ3v) is 6.80. The highest BCUT2D eigenvalue weighted by molar-refractivity contribution is 7.19. The van der Waals surface area contributed by atoms with E-state index in [1.54, 1.807) is 19.2 Å². The fourth-order valence-corrected chi connectivity index (χ4v) is 4.66. The predicted octanol–water partition coefficient (Wildman–Crippen LogP) is 3.24. The molecule has 1 N–H and O–H groups in total. The molecule has 9 heteroatoms. The number of carbonyl (C=O) groups excluding carboxylic acids is 1. The Hall–Kier alpha value is -3.46. The fraction of sp³-hybridized carbons (Fsp3) is 0.304. The van der Waals surface area contributed by atoms with Gasteiger partial charge in [-0.15, -0.1) is 0 Å². The zero-order chi connectivity index (χ0) is 22.2. The van der Waals surface area contributed by atoms with Crippen molar-refractivity contribution in [3.63, 3.8) is 0 Å². The minimum atomic E-state index is -0.171. The molecule has 32 heavy (non-hydrogen) atoms. The molecule has 164 valence electrons. The highest BCUT2D eigenvalue weighted by atomic mass is 32.1. The molecule has 1 aliphatic rings. The molecule has 0 bridgehead atoms. The molecule has 0 spiro atoms. The van der Waals surface area contributed by atoms with Gasteiger partial charge in [-0.2, -0.15) is 5.10 Å². The average Bonchev–Trinajstić information content (AvgIpc) is 3.50. The van der Waals surface area contributed by atoms with E-state index >= 15 is 0 Å². The molecule has 4 aromatic rings. The first-order chi connectivity index (χ1) is 15.5. The van der Waals surface area contributed by atoms with Crippen LogP contribution in [0.15, 0.2) is 47.4 Å². The third kappa shape index (κ3) is 3.91. The Morgan fingerprint density at radius 2 is 2.00 bits per heavy atom. The van der Waals surface area contributed by atoms with Crippen LogP contribution in [0.25, 0.3) is 16.2 Å². The van der Waals surface area contributed by atoms with Crippen LogP contribution in [0.5, 0.6) is 5.75 Å². The summed E-state index contributed by atoms with van der Waals surface area (Å²) in [6, 6.07) is 11.1. The van der Waals surface area contributed by atoms with E-state index in [2.05, 4.69) is 15.4 Å². The van der Waals surface area contributed by atoms with Crippen molar-refractivity contribution in [3.05, 3.63) is 69.2 Å². The molecule has 3 aromatic heterocycles. The van der Waals surface area contributed by atoms with Crippen LogP contribution in [0.2, 0.25) is 0 Å². The SMILES string of the molecule is COc1ccc(-c2cn3c(C)c(C(=O)NCCn4nc(C5CC5)ccc4=O)sc3n2)cc1. The van der Waals surface area contributed by atoms with Crippen LogP contribution in [0, 0.1) is 6.92 Å². The Bertz CT molecular complexity index is 1350. The van der Waals surface area contributed by atoms with Gasteiger partial charge in [-0.25, -0.2) is 9.67 Å². The van der Waals surface area contributed by atoms with Crippen molar-refractivity contribution in [1.29, 1.82) is 0 Å². The molecule has 5 rings (SSSR count). The number of benzene rings is 1. The molecule has 1 fully saturated rings. The largest absolute Gasteiger partial charge is 0.497 e. The van der Waals surface area contributed by atoms with Gasteiger partial charge in [0.25, 0.3) is 11.5 Å². The summed E-state index contributed by atoms with van der Waals surface area (Å²) in [5.41, 5.74) is 3.47. The average molecular weight is 450 g/mol. The lowest BCUT2D eigenvalue weighted by molar-refractivity contribution is 0.0955. The number of ether oxygens (including phenoxy) is 1. The summed E-state index contributed by atoms with van der Waals surface area (Å²) >= 11 is 1.35. The molecule has 3 heterocycles. The van der Waals surface area contributed by atoms with E-state index in [9.17, 15) is 9.59 Å². The van der Waals surface area contributed by atoms with Crippen LogP contribution >= 0.6 is 11.3 Å². The highest BCUT2D eigenvalue weighted by Gasteiger charge is 2.25. The second kappa shape index (κ2) is 8.23. The molecule has 1 aliphatic carbocycles. The number of rotatable bonds is 7. The van der Waals surface area contributed by atoms with Crippen molar-refractivity contribution in [2.24, 2.45) is 0 Å². The van der Waals surface area contributed by atoms with E-state index in [1.165, 1.54) is 16.0 Å². The van der Waals surface area contributed by atoms with Crippen LogP contribution in [-0.4, -0.2) is 38.7 Å². The third-order valence-electron chi connectivity index (χ3n) is 5.64. The quantitative estimate of drug-likeness (QED) is 0.468. The van der Waals surface area contributed by atoms with Crippen molar-refractivity contribution < 1.29 is 9.53 Å². The molecule has 1 amide bonds. The minimum Gasteiger partial charge on any atom is -0.497 e. The normalized spacial score (nSPS) is 13.4. The van der Waals surface area contributed by atoms with E-state index in [4.69, 9.17) is 4.74 Å². The number of aromatic nitrogens is 4. The second-order valence-electron chi connectivity index (χ2n) is 7.87. The van der Waals surface area contributed by atoms with Crippen molar-refractivity contribution in [1.82, 2.24) is 24.5 Å². The van der Waals surface area contributed by atoms with Gasteiger partial charge in [-0.1, -0.05) is 11.3 Å². The first-order valence-corrected chi connectivity index (χ1v) is 11.3. The lowest BCUT2D eigenvalue weighted by Crippen LogP contribution is -2.32. The zero-order valence-electron chi connectivity index (χ0n) is 17.9. The molecule has 0 saturated heterocycles. The second-order valence-corrected chi connectivity index (χ2v) is 8.85. The Morgan fingerprint density at radius 1 is 1.22 bits per heavy atom. The number of fused-ring (bicyclic) bond motifs is 1. The van der Waals surface area contributed by atoms with Gasteiger partial charge in [-0.3, -0.25) is 14.0 Å². The topological polar surface area (TPSA) is 90.5 Å². The first kappa shape index (κ1) is 20.4. The van der Waals surface area contributed by atoms with Gasteiger partial charge in [0.1, 0.15) is 10.6 Å². The summed E-state index contributed by atoms with van der Waals surface area (Å²) in [5.74, 6) is 1.10. The summed E-state index contributed by atoms with van der Waals surface area (Å²) < 4.78 is 8.57. The molecule has 0 aliphatic heterocycles. The van der Waals surface area contributed by atoms with E-state index < -0.39 is 0 Å². The van der Waals surface area contributed by atoms with Gasteiger partial charge in [0, 0.05) is 36.0 Å². The molecule has 0 unspecified atom stereocenters. The Balaban J connectivity index is 1.27. The van der Waals surface area contributed by atoms with Crippen molar-refractivity contribution in [3.8, 4) is 17.0 Å². The highest BCUT2D eigenvalue weighted by Crippen LogP contribution is 2.38. The molecule has 0 atom stereocenters. The number of nitrogens with one attached hydrogen (secondary N) is 1. The summed E-state index contributed by atoms with van der Waals surface area (Å²) in [7, 11) is 1.64. The molecule has 1 saturated carbocycles. The van der Waals surface area contributed by atoms with E-state index in [0.717, 1.165) is 46.2 Å². The summed E-state index contributed by atoms with van der Waals surface area (Å²) in [6.07, 6.45) is 4.19. The number of aryl methyl sites for hydroxylation is 1. The Labute approximate surface area is 188 Å². The lowest BCUT2D eigenvalue weighted by Gasteiger charge is -2.08. The van der Waals surface area contributed by atoms with Crippen LogP contribution in [0.3, 0.4) is 0 Å². The maximum atomic E-state index is 12.8. The first-order valence-electron chi connectivity index (χ1n) is 10.5. The van der Waals surface area contributed by atoms with E-state index in [0.29, 0.717) is 23.9 Å². The lowest BCUT2D eigenvalue weighted by atomic mass is 10.2. The Morgan fingerprint density at radius 3 is 2.69 bits per heavy atom. The van der Waals surface area contributed by atoms with E-state index in [-0.39, 0.29) is 11.5 Å². The van der Waals surface area contributed by atoms with Gasteiger partial charge >= 0.3 is 0 Å². The molecule has 0 radical (unpaired) electrons. The molecule has 1 aromatic carbocycles. The Kier molecular flexibility index (Phi) is 5.26. The van der Waals surface area contributed by atoms with Crippen molar-refractivity contribution >= 4 is 22.2 Å². The predicted molar refractivity (Wildman–Crippen MR) is 123 cm³/mol. The van der Waals surface area contributed by atoms with Crippen LogP contribution < -0.4 is 15.6 Å². The molecular formula is C23H23N5O3S. The summed E-state index contributed by atoms with van der Waals surface area (Å²) in [6.45, 7) is 2.58. The number of nitrogens with zero attached hydrogens (tertiary/aromatic N) is 4. The van der Waals surface area contributed by atoms with Gasteiger partial charge in [0.2, 0.25) is 0 Å². The zero-order valence-corrected chi connectivity index (χ0v) is 18.7. The monoisotopic (exact) mass is 449 g/mol. The number of hydrogen-bond donors (Lipinski definition) is 1. The summed E-state index contributed by atoms with van der Waals surface area (Å²) in [5, 5.41) is 7.34. The van der Waals surface area contributed by atoms with E-state index in [1.807, 2.05) is 41.8 Å². The maximum absolute atomic E-state index is 12.8. The standard InChI is InChI=1S/C23H23N5O3S/c1-14-21(22(30)24-11-12-28-20(29)10-9-18(26-28)15-3-4-15)32-23-25-19(13-27(14)23)16-5-7-17(31-2)8-6-16/h5-10,13,15H,3-4,11-12H2,1-2H3,(H,24,30). The molecular weight excluding hydrogens is 426 g/mol. The van der Waals surface area contributed by atoms with Gasteiger partial charge in [0.15, 0.2) is 4.96 Å². The van der Waals surface area contributed by atoms with Crippen LogP contribution in [0.1, 0.15) is 39.8 Å². The van der Waals surface area contributed by atoms with Gasteiger partial charge in [-0.05, 0) is 50.1 Å². The minimum absolute atomic E-state index is 0.152. The number of hydrogen-bond acceptors (Lipinski definition) is 6. The van der Waals surface area contributed by atoms with Crippen LogP contribution in [0.4, 0.5) is 0 Å². The number of carbonyl (C=O) groups is 1.